The molecule has 2 amide bonds. The van der Waals surface area contributed by atoms with Crippen LogP contribution in [0.2, 0.25) is 0 Å². The number of esters is 1. The summed E-state index contributed by atoms with van der Waals surface area (Å²) in [5, 5.41) is 2.56. The third kappa shape index (κ3) is 4.47. The van der Waals surface area contributed by atoms with Crippen LogP contribution in [-0.4, -0.2) is 29.5 Å². The van der Waals surface area contributed by atoms with Gasteiger partial charge >= 0.3 is 5.97 Å². The number of benzene rings is 2. The molecule has 2 heterocycles. The summed E-state index contributed by atoms with van der Waals surface area (Å²) in [6.07, 6.45) is 1.36. The van der Waals surface area contributed by atoms with Crippen LogP contribution in [-0.2, 0) is 14.3 Å². The molecule has 0 aliphatic carbocycles. The van der Waals surface area contributed by atoms with Crippen LogP contribution in [0, 0.1) is 6.92 Å². The summed E-state index contributed by atoms with van der Waals surface area (Å²) in [5.41, 5.74) is 2.35. The lowest BCUT2D eigenvalue weighted by Crippen LogP contribution is -2.54. The monoisotopic (exact) mass is 460 g/mol. The summed E-state index contributed by atoms with van der Waals surface area (Å²) in [5.74, 6) is -0.955. The predicted molar refractivity (Wildman–Crippen MR) is 127 cm³/mol. The molecule has 166 valence electrons. The van der Waals surface area contributed by atoms with Gasteiger partial charge in [0.2, 0.25) is 0 Å². The van der Waals surface area contributed by atoms with Crippen molar-refractivity contribution in [2.45, 2.75) is 13.8 Å². The lowest BCUT2D eigenvalue weighted by Gasteiger charge is -2.28. The van der Waals surface area contributed by atoms with Gasteiger partial charge < -0.3 is 9.15 Å². The van der Waals surface area contributed by atoms with E-state index >= 15 is 0 Å². The maximum absolute atomic E-state index is 13.1. The van der Waals surface area contributed by atoms with Gasteiger partial charge in [-0.3, -0.25) is 19.8 Å². The minimum Gasteiger partial charge on any atom is -0.462 e. The molecule has 33 heavy (non-hydrogen) atoms. The van der Waals surface area contributed by atoms with Gasteiger partial charge in [-0.05, 0) is 62.5 Å². The number of aryl methyl sites for hydroxylation is 1. The fourth-order valence-electron chi connectivity index (χ4n) is 3.39. The molecule has 1 aliphatic heterocycles. The third-order valence-electron chi connectivity index (χ3n) is 5.00. The highest BCUT2D eigenvalue weighted by molar-refractivity contribution is 7.80. The Labute approximate surface area is 195 Å². The Morgan fingerprint density at radius 1 is 1.09 bits per heavy atom. The molecule has 7 nitrogen and oxygen atoms in total. The van der Waals surface area contributed by atoms with E-state index < -0.39 is 17.8 Å². The number of nitrogens with one attached hydrogen (secondary N) is 1. The van der Waals surface area contributed by atoms with Crippen molar-refractivity contribution in [3.05, 3.63) is 83.1 Å². The highest BCUT2D eigenvalue weighted by atomic mass is 32.1. The van der Waals surface area contributed by atoms with Crippen LogP contribution in [0.1, 0.15) is 28.6 Å². The van der Waals surface area contributed by atoms with Crippen molar-refractivity contribution >= 4 is 46.9 Å². The standard InChI is InChI=1S/C25H20N2O5S/c1-3-31-24(30)19-7-5-4-6-18(19)21-13-12-17(32-21)14-20-22(28)26-25(33)27(23(20)29)16-10-8-15(2)9-11-16/h4-14H,3H2,1-2H3,(H,26,28,33)/b20-14+. The molecule has 0 bridgehead atoms. The first-order valence-corrected chi connectivity index (χ1v) is 10.6. The third-order valence-corrected chi connectivity index (χ3v) is 5.28. The number of nitrogens with zero attached hydrogens (tertiary/aromatic N) is 1. The molecule has 3 aromatic rings. The van der Waals surface area contributed by atoms with E-state index in [1.807, 2.05) is 19.1 Å². The fourth-order valence-corrected chi connectivity index (χ4v) is 3.67. The van der Waals surface area contributed by atoms with E-state index in [1.54, 1.807) is 55.5 Å². The summed E-state index contributed by atoms with van der Waals surface area (Å²) < 4.78 is 11.0. The number of anilines is 1. The van der Waals surface area contributed by atoms with E-state index in [-0.39, 0.29) is 23.1 Å². The molecular formula is C25H20N2O5S. The molecule has 1 aliphatic rings. The Bertz CT molecular complexity index is 1290. The molecular weight excluding hydrogens is 440 g/mol. The first-order chi connectivity index (χ1) is 15.9. The first kappa shape index (κ1) is 22.2. The Hall–Kier alpha value is -4.04. The van der Waals surface area contributed by atoms with Gasteiger partial charge in [0.15, 0.2) is 5.11 Å². The molecule has 1 N–H and O–H groups in total. The first-order valence-electron chi connectivity index (χ1n) is 10.2. The van der Waals surface area contributed by atoms with Crippen LogP contribution in [0.25, 0.3) is 17.4 Å². The lowest BCUT2D eigenvalue weighted by molar-refractivity contribution is -0.122. The lowest BCUT2D eigenvalue weighted by atomic mass is 10.1. The molecule has 2 aromatic carbocycles. The van der Waals surface area contributed by atoms with Crippen molar-refractivity contribution in [2.24, 2.45) is 0 Å². The van der Waals surface area contributed by atoms with E-state index in [0.29, 0.717) is 22.6 Å². The normalized spacial score (nSPS) is 15.0. The second-order valence-corrected chi connectivity index (χ2v) is 7.65. The molecule has 0 atom stereocenters. The van der Waals surface area contributed by atoms with Gasteiger partial charge in [0.05, 0.1) is 17.9 Å². The van der Waals surface area contributed by atoms with Crippen LogP contribution in [0.4, 0.5) is 5.69 Å². The number of amides is 2. The van der Waals surface area contributed by atoms with Crippen LogP contribution in [0.15, 0.2) is 70.7 Å². The molecule has 8 heteroatoms. The molecule has 1 fully saturated rings. The number of hydrogen-bond donors (Lipinski definition) is 1. The van der Waals surface area contributed by atoms with Crippen LogP contribution in [0.5, 0.6) is 0 Å². The van der Waals surface area contributed by atoms with Crippen LogP contribution in [0.3, 0.4) is 0 Å². The average Bonchev–Trinajstić information content (AvgIpc) is 3.26. The van der Waals surface area contributed by atoms with Gasteiger partial charge in [0.25, 0.3) is 11.8 Å². The SMILES string of the molecule is CCOC(=O)c1ccccc1-c1ccc(/C=C2\C(=O)NC(=S)N(c3ccc(C)cc3)C2=O)o1. The van der Waals surface area contributed by atoms with Gasteiger partial charge in [-0.2, -0.15) is 0 Å². The van der Waals surface area contributed by atoms with Crippen LogP contribution >= 0.6 is 12.2 Å². The highest BCUT2D eigenvalue weighted by Gasteiger charge is 2.34. The summed E-state index contributed by atoms with van der Waals surface area (Å²) >= 11 is 5.22. The van der Waals surface area contributed by atoms with Gasteiger partial charge in [0.1, 0.15) is 17.1 Å². The van der Waals surface area contributed by atoms with Gasteiger partial charge in [-0.1, -0.05) is 35.9 Å². The van der Waals surface area contributed by atoms with Crippen molar-refractivity contribution in [3.63, 3.8) is 0 Å². The molecule has 0 spiro atoms. The van der Waals surface area contributed by atoms with E-state index in [0.717, 1.165) is 5.56 Å². The Balaban J connectivity index is 1.67. The van der Waals surface area contributed by atoms with Crippen LogP contribution < -0.4 is 10.2 Å². The highest BCUT2D eigenvalue weighted by Crippen LogP contribution is 2.28. The minimum atomic E-state index is -0.613. The Morgan fingerprint density at radius 2 is 1.82 bits per heavy atom. The maximum Gasteiger partial charge on any atom is 0.338 e. The zero-order chi connectivity index (χ0) is 23.5. The number of ether oxygens (including phenoxy) is 1. The van der Waals surface area contributed by atoms with E-state index in [9.17, 15) is 14.4 Å². The molecule has 1 saturated heterocycles. The van der Waals surface area contributed by atoms with Gasteiger partial charge in [-0.15, -0.1) is 0 Å². The predicted octanol–water partition coefficient (Wildman–Crippen LogP) is 4.26. The topological polar surface area (TPSA) is 88.9 Å². The number of carbonyl (C=O) groups excluding carboxylic acids is 3. The van der Waals surface area contributed by atoms with Gasteiger partial charge in [-0.25, -0.2) is 4.79 Å². The zero-order valence-electron chi connectivity index (χ0n) is 18.0. The largest absolute Gasteiger partial charge is 0.462 e. The molecule has 1 aromatic heterocycles. The summed E-state index contributed by atoms with van der Waals surface area (Å²) in [4.78, 5) is 39.2. The van der Waals surface area contributed by atoms with E-state index in [2.05, 4.69) is 5.32 Å². The molecule has 0 saturated carbocycles. The Morgan fingerprint density at radius 3 is 2.55 bits per heavy atom. The summed E-state index contributed by atoms with van der Waals surface area (Å²) in [7, 11) is 0. The maximum atomic E-state index is 13.1. The molecule has 0 radical (unpaired) electrons. The summed E-state index contributed by atoms with van der Waals surface area (Å²) in [6.45, 7) is 3.91. The fraction of sp³-hybridized carbons (Fsp3) is 0.120. The quantitative estimate of drug-likeness (QED) is 0.265. The van der Waals surface area contributed by atoms with Gasteiger partial charge in [0, 0.05) is 5.56 Å². The second-order valence-electron chi connectivity index (χ2n) is 7.26. The number of carbonyl (C=O) groups is 3. The molecule has 0 unspecified atom stereocenters. The average molecular weight is 461 g/mol. The van der Waals surface area contributed by atoms with E-state index in [4.69, 9.17) is 21.4 Å². The smallest absolute Gasteiger partial charge is 0.338 e. The zero-order valence-corrected chi connectivity index (χ0v) is 18.8. The second kappa shape index (κ2) is 9.22. The van der Waals surface area contributed by atoms with Crippen molar-refractivity contribution in [2.75, 3.05) is 11.5 Å². The van der Waals surface area contributed by atoms with E-state index in [1.165, 1.54) is 11.0 Å². The summed E-state index contributed by atoms with van der Waals surface area (Å²) in [6, 6.07) is 17.4. The number of thiocarbonyl (C=S) groups is 1. The molecule has 4 rings (SSSR count). The van der Waals surface area contributed by atoms with Crippen molar-refractivity contribution < 1.29 is 23.5 Å². The Kier molecular flexibility index (Phi) is 6.19. The number of rotatable bonds is 5. The van der Waals surface area contributed by atoms with Crippen molar-refractivity contribution in [1.29, 1.82) is 0 Å². The number of furan rings is 1. The number of hydrogen-bond acceptors (Lipinski definition) is 6. The van der Waals surface area contributed by atoms with Crippen molar-refractivity contribution in [1.82, 2.24) is 5.32 Å². The minimum absolute atomic E-state index is 0.00880. The van der Waals surface area contributed by atoms with Crippen molar-refractivity contribution in [3.8, 4) is 11.3 Å².